The van der Waals surface area contributed by atoms with Crippen LogP contribution in [0.4, 0.5) is 0 Å². The first-order chi connectivity index (χ1) is 12.0. The minimum Gasteiger partial charge on any atom is -0.489 e. The number of hydrogen-bond donors (Lipinski definition) is 0. The number of carbonyl (C=O) groups is 1. The highest BCUT2D eigenvalue weighted by Gasteiger charge is 2.29. The molecule has 0 N–H and O–H groups in total. The summed E-state index contributed by atoms with van der Waals surface area (Å²) in [6, 6.07) is 16.4. The molecule has 2 aromatic carbocycles. The number of nitrogens with zero attached hydrogens (tertiary/aromatic N) is 2. The average molecular weight is 338 g/mol. The van der Waals surface area contributed by atoms with Gasteiger partial charge < -0.3 is 9.64 Å². The first kappa shape index (κ1) is 17.5. The molecule has 1 atom stereocenters. The summed E-state index contributed by atoms with van der Waals surface area (Å²) < 4.78 is 6.07. The van der Waals surface area contributed by atoms with Crippen molar-refractivity contribution >= 4 is 5.91 Å². The number of likely N-dealkylation sites (N-methyl/N-ethyl adjacent to an activating group) is 1. The Balaban J connectivity index is 1.68. The van der Waals surface area contributed by atoms with E-state index in [1.807, 2.05) is 32.2 Å². The van der Waals surface area contributed by atoms with Gasteiger partial charge in [-0.05, 0) is 25.5 Å². The number of carbonyl (C=O) groups excluding carboxylic acids is 1. The summed E-state index contributed by atoms with van der Waals surface area (Å²) in [4.78, 5) is 16.2. The fourth-order valence-electron chi connectivity index (χ4n) is 3.11. The van der Waals surface area contributed by atoms with E-state index in [0.29, 0.717) is 6.61 Å². The molecule has 1 heterocycles. The zero-order chi connectivity index (χ0) is 17.8. The van der Waals surface area contributed by atoms with Crippen LogP contribution >= 0.6 is 0 Å². The van der Waals surface area contributed by atoms with Gasteiger partial charge in [-0.15, -0.1) is 0 Å². The number of aryl methyl sites for hydroxylation is 1. The molecule has 0 spiro atoms. The van der Waals surface area contributed by atoms with Crippen LogP contribution in [0.3, 0.4) is 0 Å². The molecular weight excluding hydrogens is 312 g/mol. The molecule has 1 saturated heterocycles. The molecular formula is C21H26N2O2. The lowest BCUT2D eigenvalue weighted by molar-refractivity contribution is -0.139. The Morgan fingerprint density at radius 3 is 2.56 bits per heavy atom. The van der Waals surface area contributed by atoms with Crippen LogP contribution in [0.2, 0.25) is 0 Å². The van der Waals surface area contributed by atoms with Crippen LogP contribution in [0.1, 0.15) is 23.6 Å². The number of rotatable bonds is 5. The lowest BCUT2D eigenvalue weighted by Gasteiger charge is -2.37. The summed E-state index contributed by atoms with van der Waals surface area (Å²) in [5, 5.41) is 0. The van der Waals surface area contributed by atoms with Crippen molar-refractivity contribution in [3.63, 3.8) is 0 Å². The topological polar surface area (TPSA) is 32.8 Å². The normalized spacial score (nSPS) is 18.4. The molecule has 1 amide bonds. The molecule has 0 aliphatic carbocycles. The van der Waals surface area contributed by atoms with Crippen molar-refractivity contribution in [3.8, 4) is 5.75 Å². The number of hydrogen-bond acceptors (Lipinski definition) is 3. The van der Waals surface area contributed by atoms with Crippen LogP contribution in [0.15, 0.2) is 48.5 Å². The van der Waals surface area contributed by atoms with E-state index in [0.717, 1.165) is 36.5 Å². The lowest BCUT2D eigenvalue weighted by atomic mass is 10.1. The highest BCUT2D eigenvalue weighted by atomic mass is 16.5. The fourth-order valence-corrected chi connectivity index (χ4v) is 3.11. The molecule has 0 unspecified atom stereocenters. The number of amides is 1. The molecule has 0 aromatic heterocycles. The van der Waals surface area contributed by atoms with Crippen molar-refractivity contribution in [3.05, 3.63) is 65.2 Å². The van der Waals surface area contributed by atoms with E-state index in [1.54, 1.807) is 4.90 Å². The minimum atomic E-state index is -0.0936. The van der Waals surface area contributed by atoms with Crippen molar-refractivity contribution in [1.29, 1.82) is 0 Å². The van der Waals surface area contributed by atoms with Gasteiger partial charge in [0.1, 0.15) is 12.4 Å². The van der Waals surface area contributed by atoms with Gasteiger partial charge in [0.25, 0.3) is 0 Å². The zero-order valence-corrected chi connectivity index (χ0v) is 15.2. The maximum atomic E-state index is 12.2. The Labute approximate surface area is 150 Å². The van der Waals surface area contributed by atoms with Gasteiger partial charge in [0.15, 0.2) is 0 Å². The maximum absolute atomic E-state index is 12.2. The number of piperazine rings is 1. The van der Waals surface area contributed by atoms with Crippen molar-refractivity contribution in [2.75, 3.05) is 20.1 Å². The Hall–Kier alpha value is -2.33. The first-order valence-electron chi connectivity index (χ1n) is 8.80. The van der Waals surface area contributed by atoms with Gasteiger partial charge in [-0.3, -0.25) is 9.69 Å². The molecule has 0 saturated carbocycles. The van der Waals surface area contributed by atoms with Gasteiger partial charge in [-0.1, -0.05) is 48.0 Å². The molecule has 1 aliphatic rings. The standard InChI is InChI=1S/C21H26N2O2/c1-16-8-10-18(11-9-16)15-25-20-7-5-4-6-19(20)14-23-13-12-22(3)21(24)17(23)2/h4-11,17H,12-15H2,1-3H3/t17-/m0/s1. The van der Waals surface area contributed by atoms with Crippen LogP contribution in [0.5, 0.6) is 5.75 Å². The van der Waals surface area contributed by atoms with Gasteiger partial charge in [-0.25, -0.2) is 0 Å². The third kappa shape index (κ3) is 4.20. The molecule has 0 bridgehead atoms. The van der Waals surface area contributed by atoms with Crippen LogP contribution in [-0.2, 0) is 17.9 Å². The van der Waals surface area contributed by atoms with Crippen LogP contribution in [0.25, 0.3) is 0 Å². The first-order valence-corrected chi connectivity index (χ1v) is 8.80. The Bertz CT molecular complexity index is 727. The Morgan fingerprint density at radius 2 is 1.80 bits per heavy atom. The van der Waals surface area contributed by atoms with Crippen molar-refractivity contribution in [1.82, 2.24) is 9.80 Å². The van der Waals surface area contributed by atoms with E-state index in [1.165, 1.54) is 5.56 Å². The third-order valence-electron chi connectivity index (χ3n) is 4.86. The summed E-state index contributed by atoms with van der Waals surface area (Å²) in [5.74, 6) is 1.07. The molecule has 4 nitrogen and oxygen atoms in total. The average Bonchev–Trinajstić information content (AvgIpc) is 2.63. The quantitative estimate of drug-likeness (QED) is 0.839. The van der Waals surface area contributed by atoms with Crippen molar-refractivity contribution in [2.24, 2.45) is 0 Å². The van der Waals surface area contributed by atoms with Crippen molar-refractivity contribution < 1.29 is 9.53 Å². The van der Waals surface area contributed by atoms with Gasteiger partial charge >= 0.3 is 0 Å². The monoisotopic (exact) mass is 338 g/mol. The van der Waals surface area contributed by atoms with Gasteiger partial charge in [0.2, 0.25) is 5.91 Å². The Kier molecular flexibility index (Phi) is 5.39. The van der Waals surface area contributed by atoms with Gasteiger partial charge in [-0.2, -0.15) is 0 Å². The van der Waals surface area contributed by atoms with E-state index in [-0.39, 0.29) is 11.9 Å². The van der Waals surface area contributed by atoms with Crippen LogP contribution in [-0.4, -0.2) is 41.9 Å². The summed E-state index contributed by atoms with van der Waals surface area (Å²) in [6.45, 7) is 7.00. The predicted octanol–water partition coefficient (Wildman–Crippen LogP) is 3.24. The van der Waals surface area contributed by atoms with E-state index in [2.05, 4.69) is 42.2 Å². The molecule has 3 rings (SSSR count). The minimum absolute atomic E-state index is 0.0936. The second-order valence-electron chi connectivity index (χ2n) is 6.79. The number of para-hydroxylation sites is 1. The van der Waals surface area contributed by atoms with E-state index >= 15 is 0 Å². The second-order valence-corrected chi connectivity index (χ2v) is 6.79. The highest BCUT2D eigenvalue weighted by Crippen LogP contribution is 2.23. The lowest BCUT2D eigenvalue weighted by Crippen LogP contribution is -2.53. The molecule has 1 aliphatic heterocycles. The molecule has 25 heavy (non-hydrogen) atoms. The Morgan fingerprint density at radius 1 is 1.08 bits per heavy atom. The number of benzene rings is 2. The fraction of sp³-hybridized carbons (Fsp3) is 0.381. The maximum Gasteiger partial charge on any atom is 0.239 e. The zero-order valence-electron chi connectivity index (χ0n) is 15.2. The largest absolute Gasteiger partial charge is 0.489 e. The third-order valence-corrected chi connectivity index (χ3v) is 4.86. The summed E-state index contributed by atoms with van der Waals surface area (Å²) in [5.41, 5.74) is 3.53. The summed E-state index contributed by atoms with van der Waals surface area (Å²) >= 11 is 0. The van der Waals surface area contributed by atoms with Gasteiger partial charge in [0.05, 0.1) is 6.04 Å². The second kappa shape index (κ2) is 7.70. The highest BCUT2D eigenvalue weighted by molar-refractivity contribution is 5.81. The van der Waals surface area contributed by atoms with Crippen LogP contribution < -0.4 is 4.74 Å². The molecule has 4 heteroatoms. The van der Waals surface area contributed by atoms with E-state index in [4.69, 9.17) is 4.74 Å². The number of ether oxygens (including phenoxy) is 1. The summed E-state index contributed by atoms with van der Waals surface area (Å²) in [7, 11) is 1.87. The summed E-state index contributed by atoms with van der Waals surface area (Å²) in [6.07, 6.45) is 0. The smallest absolute Gasteiger partial charge is 0.239 e. The van der Waals surface area contributed by atoms with E-state index < -0.39 is 0 Å². The predicted molar refractivity (Wildman–Crippen MR) is 99.5 cm³/mol. The van der Waals surface area contributed by atoms with E-state index in [9.17, 15) is 4.79 Å². The molecule has 1 fully saturated rings. The molecule has 0 radical (unpaired) electrons. The molecule has 132 valence electrons. The van der Waals surface area contributed by atoms with Gasteiger partial charge in [0, 0.05) is 32.2 Å². The molecule has 2 aromatic rings. The SMILES string of the molecule is Cc1ccc(COc2ccccc2CN2CCN(C)C(=O)[C@@H]2C)cc1. The van der Waals surface area contributed by atoms with Crippen molar-refractivity contribution in [2.45, 2.75) is 33.0 Å². The van der Waals surface area contributed by atoms with Crippen LogP contribution in [0, 0.1) is 6.92 Å².